The van der Waals surface area contributed by atoms with E-state index in [2.05, 4.69) is 24.5 Å². The molecule has 1 aromatic rings. The van der Waals surface area contributed by atoms with Crippen LogP contribution in [-0.2, 0) is 11.2 Å². The number of carbonyl (C=O) groups excluding carboxylic acids is 2. The molecule has 0 saturated heterocycles. The van der Waals surface area contributed by atoms with E-state index in [1.807, 2.05) is 37.3 Å². The van der Waals surface area contributed by atoms with E-state index in [-0.39, 0.29) is 12.5 Å². The predicted octanol–water partition coefficient (Wildman–Crippen LogP) is 1.86. The number of carbonyl (C=O) groups is 2. The minimum Gasteiger partial charge on any atom is -0.548 e. The lowest BCUT2D eigenvalue weighted by molar-refractivity contribution is -0.308. The molecule has 0 aliphatic rings. The van der Waals surface area contributed by atoms with Crippen LogP contribution in [0.4, 0.5) is 4.79 Å². The summed E-state index contributed by atoms with van der Waals surface area (Å²) in [6, 6.07) is 7.67. The number of urea groups is 1. The molecular formula is C18H27N2O3-. The minimum absolute atomic E-state index is 0.00730. The van der Waals surface area contributed by atoms with E-state index < -0.39 is 18.0 Å². The van der Waals surface area contributed by atoms with E-state index in [1.54, 1.807) is 0 Å². The van der Waals surface area contributed by atoms with E-state index in [1.165, 1.54) is 0 Å². The molecule has 23 heavy (non-hydrogen) atoms. The van der Waals surface area contributed by atoms with Crippen LogP contribution in [0.5, 0.6) is 0 Å². The first-order valence-corrected chi connectivity index (χ1v) is 8.20. The van der Waals surface area contributed by atoms with Gasteiger partial charge < -0.3 is 20.5 Å². The molecule has 0 aromatic heterocycles. The van der Waals surface area contributed by atoms with Crippen molar-refractivity contribution in [2.24, 2.45) is 5.92 Å². The van der Waals surface area contributed by atoms with Crippen molar-refractivity contribution in [3.8, 4) is 0 Å². The number of hydrogen-bond donors (Lipinski definition) is 2. The van der Waals surface area contributed by atoms with Gasteiger partial charge in [-0.05, 0) is 31.2 Å². The number of amides is 2. The highest BCUT2D eigenvalue weighted by molar-refractivity contribution is 5.81. The largest absolute Gasteiger partial charge is 0.548 e. The molecule has 0 bridgehead atoms. The number of carboxylic acid groups (broad SMARTS) is 1. The van der Waals surface area contributed by atoms with Gasteiger partial charge in [0.2, 0.25) is 0 Å². The summed E-state index contributed by atoms with van der Waals surface area (Å²) in [5.41, 5.74) is 0.840. The summed E-state index contributed by atoms with van der Waals surface area (Å²) in [7, 11) is 0. The highest BCUT2D eigenvalue weighted by Crippen LogP contribution is 2.08. The zero-order valence-corrected chi connectivity index (χ0v) is 14.2. The fourth-order valence-electron chi connectivity index (χ4n) is 2.37. The van der Waals surface area contributed by atoms with Gasteiger partial charge in [0.15, 0.2) is 0 Å². The van der Waals surface area contributed by atoms with E-state index in [4.69, 9.17) is 0 Å². The maximum Gasteiger partial charge on any atom is 0.315 e. The molecule has 0 unspecified atom stereocenters. The topological polar surface area (TPSA) is 81.3 Å². The molecular weight excluding hydrogens is 292 g/mol. The second kappa shape index (κ2) is 9.87. The molecule has 0 spiro atoms. The number of nitrogens with one attached hydrogen (secondary N) is 2. The van der Waals surface area contributed by atoms with Gasteiger partial charge in [0.1, 0.15) is 0 Å². The molecule has 0 heterocycles. The molecule has 2 atom stereocenters. The summed E-state index contributed by atoms with van der Waals surface area (Å²) in [5.74, 6) is -0.638. The molecule has 0 saturated carbocycles. The van der Waals surface area contributed by atoms with Crippen molar-refractivity contribution in [2.75, 3.05) is 0 Å². The van der Waals surface area contributed by atoms with E-state index in [9.17, 15) is 14.7 Å². The Morgan fingerprint density at radius 2 is 1.70 bits per heavy atom. The summed E-state index contributed by atoms with van der Waals surface area (Å²) < 4.78 is 0. The molecule has 1 rings (SSSR count). The smallest absolute Gasteiger partial charge is 0.315 e. The Balaban J connectivity index is 2.43. The fourth-order valence-corrected chi connectivity index (χ4v) is 2.37. The van der Waals surface area contributed by atoms with Gasteiger partial charge >= 0.3 is 6.03 Å². The predicted molar refractivity (Wildman–Crippen MR) is 88.8 cm³/mol. The molecule has 1 aromatic carbocycles. The van der Waals surface area contributed by atoms with Gasteiger partial charge in [0, 0.05) is 6.04 Å². The highest BCUT2D eigenvalue weighted by atomic mass is 16.4. The van der Waals surface area contributed by atoms with Gasteiger partial charge in [0.25, 0.3) is 0 Å². The molecule has 0 fully saturated rings. The number of aliphatic carboxylic acids is 1. The first-order valence-electron chi connectivity index (χ1n) is 8.20. The molecule has 2 N–H and O–H groups in total. The average molecular weight is 319 g/mol. The summed E-state index contributed by atoms with van der Waals surface area (Å²) in [6.45, 7) is 6.25. The quantitative estimate of drug-likeness (QED) is 0.729. The van der Waals surface area contributed by atoms with Gasteiger partial charge in [-0.3, -0.25) is 0 Å². The van der Waals surface area contributed by atoms with Crippen LogP contribution < -0.4 is 15.7 Å². The van der Waals surface area contributed by atoms with Crippen LogP contribution in [0, 0.1) is 5.92 Å². The van der Waals surface area contributed by atoms with Crippen LogP contribution in [0.2, 0.25) is 0 Å². The Morgan fingerprint density at radius 1 is 1.04 bits per heavy atom. The normalized spacial score (nSPS) is 13.4. The fraction of sp³-hybridized carbons (Fsp3) is 0.556. The maximum absolute atomic E-state index is 11.9. The van der Waals surface area contributed by atoms with E-state index in [0.717, 1.165) is 24.8 Å². The van der Waals surface area contributed by atoms with Gasteiger partial charge in [-0.2, -0.15) is 0 Å². The Bertz CT molecular complexity index is 488. The van der Waals surface area contributed by atoms with Crippen molar-refractivity contribution in [2.45, 2.75) is 58.5 Å². The third-order valence-corrected chi connectivity index (χ3v) is 3.67. The molecule has 2 amide bonds. The monoisotopic (exact) mass is 319 g/mol. The number of rotatable bonds is 9. The van der Waals surface area contributed by atoms with Gasteiger partial charge in [-0.25, -0.2) is 4.79 Å². The Hall–Kier alpha value is -2.04. The van der Waals surface area contributed by atoms with Crippen LogP contribution in [-0.4, -0.2) is 24.1 Å². The van der Waals surface area contributed by atoms with Gasteiger partial charge in [-0.15, -0.1) is 0 Å². The molecule has 5 nitrogen and oxygen atoms in total. The minimum atomic E-state index is -1.28. The standard InChI is InChI=1S/C18H28N2O3/c1-13(2)8-7-9-14(3)19-18(23)20-16(17(21)22)12-15-10-5-4-6-11-15/h4-6,10-11,13-14,16H,7-9,12H2,1-3H3,(H,21,22)(H2,19,20,23)/p-1/t14-,16-/m0/s1. The third-order valence-electron chi connectivity index (χ3n) is 3.67. The first-order chi connectivity index (χ1) is 10.9. The lowest BCUT2D eigenvalue weighted by Crippen LogP contribution is -2.53. The lowest BCUT2D eigenvalue weighted by atomic mass is 10.0. The molecule has 0 aliphatic heterocycles. The Morgan fingerprint density at radius 3 is 2.26 bits per heavy atom. The lowest BCUT2D eigenvalue weighted by Gasteiger charge is -2.22. The summed E-state index contributed by atoms with van der Waals surface area (Å²) >= 11 is 0. The maximum atomic E-state index is 11.9. The van der Waals surface area contributed by atoms with E-state index >= 15 is 0 Å². The van der Waals surface area contributed by atoms with Crippen LogP contribution in [0.25, 0.3) is 0 Å². The SMILES string of the molecule is CC(C)CCC[C@H](C)NC(=O)N[C@@H](Cc1ccccc1)C(=O)[O-]. The van der Waals surface area contributed by atoms with Crippen LogP contribution >= 0.6 is 0 Å². The average Bonchev–Trinajstić information content (AvgIpc) is 2.47. The van der Waals surface area contributed by atoms with Crippen molar-refractivity contribution in [1.82, 2.24) is 10.6 Å². The molecule has 0 aliphatic carbocycles. The molecule has 5 heteroatoms. The van der Waals surface area contributed by atoms with Crippen LogP contribution in [0.15, 0.2) is 30.3 Å². The van der Waals surface area contributed by atoms with Crippen molar-refractivity contribution < 1.29 is 14.7 Å². The van der Waals surface area contributed by atoms with Crippen molar-refractivity contribution >= 4 is 12.0 Å². The van der Waals surface area contributed by atoms with Gasteiger partial charge in [-0.1, -0.05) is 57.0 Å². The zero-order valence-electron chi connectivity index (χ0n) is 14.2. The number of carboxylic acids is 1. The van der Waals surface area contributed by atoms with Gasteiger partial charge in [0.05, 0.1) is 12.0 Å². The zero-order chi connectivity index (χ0) is 17.2. The Kier molecular flexibility index (Phi) is 8.16. The van der Waals surface area contributed by atoms with Crippen LogP contribution in [0.1, 0.15) is 45.6 Å². The van der Waals surface area contributed by atoms with Crippen molar-refractivity contribution in [3.63, 3.8) is 0 Å². The second-order valence-corrected chi connectivity index (χ2v) is 6.40. The molecule has 0 radical (unpaired) electrons. The third kappa shape index (κ3) is 8.24. The number of benzene rings is 1. The Labute approximate surface area is 138 Å². The second-order valence-electron chi connectivity index (χ2n) is 6.40. The first kappa shape index (κ1) is 19.0. The summed E-state index contributed by atoms with van der Waals surface area (Å²) in [4.78, 5) is 23.2. The van der Waals surface area contributed by atoms with Crippen molar-refractivity contribution in [1.29, 1.82) is 0 Å². The summed E-state index contributed by atoms with van der Waals surface area (Å²) in [6.07, 6.45) is 3.23. The van der Waals surface area contributed by atoms with Crippen molar-refractivity contribution in [3.05, 3.63) is 35.9 Å². The summed E-state index contributed by atoms with van der Waals surface area (Å²) in [5, 5.41) is 16.5. The highest BCUT2D eigenvalue weighted by Gasteiger charge is 2.15. The number of hydrogen-bond acceptors (Lipinski definition) is 3. The van der Waals surface area contributed by atoms with E-state index in [0.29, 0.717) is 5.92 Å². The van der Waals surface area contributed by atoms with Crippen LogP contribution in [0.3, 0.4) is 0 Å². The molecule has 128 valence electrons.